The second-order valence-electron chi connectivity index (χ2n) is 1.46. The molecule has 0 saturated carbocycles. The van der Waals surface area contributed by atoms with Crippen LogP contribution in [0.4, 0.5) is 0 Å². The minimum atomic E-state index is -0.492. The molecular formula is C6H7NO2. The molecule has 0 heterocycles. The maximum atomic E-state index is 10.3. The van der Waals surface area contributed by atoms with Crippen molar-refractivity contribution in [2.75, 3.05) is 7.11 Å². The molecule has 0 fully saturated rings. The molecule has 3 nitrogen and oxygen atoms in total. The molecule has 3 heteroatoms. The standard InChI is InChI=1S/C6H7NO2/c1-5(4-7)3-6(8)9-2/h3H,1-2H3/b5-3+. The Hall–Kier alpha value is -1.30. The monoisotopic (exact) mass is 125 g/mol. The largest absolute Gasteiger partial charge is 0.466 e. The summed E-state index contributed by atoms with van der Waals surface area (Å²) in [4.78, 5) is 10.3. The lowest BCUT2D eigenvalue weighted by Crippen LogP contribution is -1.94. The van der Waals surface area contributed by atoms with Gasteiger partial charge in [0.25, 0.3) is 0 Å². The van der Waals surface area contributed by atoms with E-state index >= 15 is 0 Å². The zero-order valence-corrected chi connectivity index (χ0v) is 5.34. The van der Waals surface area contributed by atoms with Crippen molar-refractivity contribution in [3.8, 4) is 6.07 Å². The van der Waals surface area contributed by atoms with Gasteiger partial charge in [-0.3, -0.25) is 0 Å². The topological polar surface area (TPSA) is 50.1 Å². The van der Waals surface area contributed by atoms with Crippen LogP contribution in [0.1, 0.15) is 6.92 Å². The summed E-state index contributed by atoms with van der Waals surface area (Å²) >= 11 is 0. The third-order valence-electron chi connectivity index (χ3n) is 0.712. The van der Waals surface area contributed by atoms with Crippen molar-refractivity contribution in [2.45, 2.75) is 6.92 Å². The molecule has 0 aliphatic heterocycles. The highest BCUT2D eigenvalue weighted by molar-refractivity contribution is 5.83. The van der Waals surface area contributed by atoms with Gasteiger partial charge in [0.1, 0.15) is 0 Å². The van der Waals surface area contributed by atoms with E-state index in [-0.39, 0.29) is 0 Å². The molecule has 0 aromatic carbocycles. The van der Waals surface area contributed by atoms with Crippen LogP contribution < -0.4 is 0 Å². The summed E-state index contributed by atoms with van der Waals surface area (Å²) < 4.78 is 4.26. The molecule has 0 bridgehead atoms. The Kier molecular flexibility index (Phi) is 3.14. The van der Waals surface area contributed by atoms with Crippen LogP contribution in [0.5, 0.6) is 0 Å². The molecule has 48 valence electrons. The van der Waals surface area contributed by atoms with Gasteiger partial charge in [-0.1, -0.05) is 0 Å². The summed E-state index contributed by atoms with van der Waals surface area (Å²) in [6.07, 6.45) is 1.14. The van der Waals surface area contributed by atoms with Crippen LogP contribution in [0.25, 0.3) is 0 Å². The first-order valence-corrected chi connectivity index (χ1v) is 2.37. The van der Waals surface area contributed by atoms with Gasteiger partial charge in [-0.05, 0) is 6.92 Å². The predicted octanol–water partition coefficient (Wildman–Crippen LogP) is 0.629. The minimum Gasteiger partial charge on any atom is -0.466 e. The van der Waals surface area contributed by atoms with Gasteiger partial charge in [0, 0.05) is 11.6 Å². The van der Waals surface area contributed by atoms with Gasteiger partial charge in [-0.2, -0.15) is 5.26 Å². The maximum absolute atomic E-state index is 10.3. The van der Waals surface area contributed by atoms with Crippen LogP contribution >= 0.6 is 0 Å². The highest BCUT2D eigenvalue weighted by Gasteiger charge is 1.92. The first-order chi connectivity index (χ1) is 4.20. The lowest BCUT2D eigenvalue weighted by Gasteiger charge is -1.87. The molecule has 0 spiro atoms. The quantitative estimate of drug-likeness (QED) is 0.293. The van der Waals surface area contributed by atoms with E-state index in [1.165, 1.54) is 14.0 Å². The van der Waals surface area contributed by atoms with Crippen LogP contribution in [0.15, 0.2) is 11.6 Å². The fourth-order valence-electron chi connectivity index (χ4n) is 0.268. The number of hydrogen-bond acceptors (Lipinski definition) is 3. The van der Waals surface area contributed by atoms with Gasteiger partial charge in [0.05, 0.1) is 13.2 Å². The van der Waals surface area contributed by atoms with Crippen LogP contribution in [-0.4, -0.2) is 13.1 Å². The summed E-state index contributed by atoms with van der Waals surface area (Å²) in [6, 6.07) is 1.79. The van der Waals surface area contributed by atoms with E-state index in [0.717, 1.165) is 6.08 Å². The second-order valence-corrected chi connectivity index (χ2v) is 1.46. The first kappa shape index (κ1) is 7.70. The summed E-state index contributed by atoms with van der Waals surface area (Å²) in [5.74, 6) is -0.492. The molecule has 0 aliphatic carbocycles. The van der Waals surface area contributed by atoms with Gasteiger partial charge in [0.15, 0.2) is 0 Å². The van der Waals surface area contributed by atoms with Gasteiger partial charge in [-0.25, -0.2) is 4.79 Å². The highest BCUT2D eigenvalue weighted by atomic mass is 16.5. The van der Waals surface area contributed by atoms with Crippen molar-refractivity contribution in [3.63, 3.8) is 0 Å². The van der Waals surface area contributed by atoms with Crippen molar-refractivity contribution >= 4 is 5.97 Å². The molecule has 0 N–H and O–H groups in total. The normalized spacial score (nSPS) is 10.1. The molecule has 0 saturated heterocycles. The van der Waals surface area contributed by atoms with E-state index < -0.39 is 5.97 Å². The second kappa shape index (κ2) is 3.67. The zero-order chi connectivity index (χ0) is 7.28. The van der Waals surface area contributed by atoms with Crippen molar-refractivity contribution in [1.82, 2.24) is 0 Å². The van der Waals surface area contributed by atoms with Crippen molar-refractivity contribution < 1.29 is 9.53 Å². The summed E-state index contributed by atoms with van der Waals surface area (Å²) in [5, 5.41) is 8.15. The number of allylic oxidation sites excluding steroid dienone is 1. The average molecular weight is 125 g/mol. The van der Waals surface area contributed by atoms with Crippen LogP contribution in [0.3, 0.4) is 0 Å². The molecule has 9 heavy (non-hydrogen) atoms. The smallest absolute Gasteiger partial charge is 0.331 e. The van der Waals surface area contributed by atoms with E-state index in [4.69, 9.17) is 5.26 Å². The molecule has 0 radical (unpaired) electrons. The molecule has 0 aliphatic rings. The SMILES string of the molecule is COC(=O)/C=C(\C)C#N. The average Bonchev–Trinajstić information content (AvgIpc) is 1.87. The number of carbonyl (C=O) groups is 1. The summed E-state index contributed by atoms with van der Waals surface area (Å²) in [5.41, 5.74) is 0.349. The molecule has 0 aromatic rings. The van der Waals surface area contributed by atoms with Crippen molar-refractivity contribution in [2.24, 2.45) is 0 Å². The number of carbonyl (C=O) groups excluding carboxylic acids is 1. The Morgan fingerprint density at radius 1 is 1.78 bits per heavy atom. The molecule has 0 atom stereocenters. The number of ether oxygens (including phenoxy) is 1. The molecule has 0 unspecified atom stereocenters. The fourth-order valence-corrected chi connectivity index (χ4v) is 0.268. The van der Waals surface area contributed by atoms with Gasteiger partial charge in [-0.15, -0.1) is 0 Å². The van der Waals surface area contributed by atoms with E-state index in [1.807, 2.05) is 0 Å². The van der Waals surface area contributed by atoms with Gasteiger partial charge in [0.2, 0.25) is 0 Å². The Labute approximate surface area is 53.5 Å². The van der Waals surface area contributed by atoms with E-state index in [9.17, 15) is 4.79 Å². The van der Waals surface area contributed by atoms with E-state index in [1.54, 1.807) is 6.07 Å². The van der Waals surface area contributed by atoms with Gasteiger partial charge < -0.3 is 4.74 Å². The van der Waals surface area contributed by atoms with Crippen LogP contribution in [0.2, 0.25) is 0 Å². The third kappa shape index (κ3) is 3.30. The van der Waals surface area contributed by atoms with Crippen LogP contribution in [-0.2, 0) is 9.53 Å². The molecule has 0 rings (SSSR count). The summed E-state index contributed by atoms with van der Waals surface area (Å²) in [6.45, 7) is 1.54. The Balaban J connectivity index is 4.00. The molecule has 0 amide bonds. The number of nitriles is 1. The summed E-state index contributed by atoms with van der Waals surface area (Å²) in [7, 11) is 1.27. The van der Waals surface area contributed by atoms with E-state index in [2.05, 4.69) is 4.74 Å². The number of nitrogens with zero attached hydrogens (tertiary/aromatic N) is 1. The highest BCUT2D eigenvalue weighted by Crippen LogP contribution is 1.88. The predicted molar refractivity (Wildman–Crippen MR) is 31.4 cm³/mol. The maximum Gasteiger partial charge on any atom is 0.331 e. The fraction of sp³-hybridized carbons (Fsp3) is 0.333. The Morgan fingerprint density at radius 3 is 2.67 bits per heavy atom. The Bertz CT molecular complexity index is 176. The molecular weight excluding hydrogens is 118 g/mol. The van der Waals surface area contributed by atoms with Crippen LogP contribution in [0, 0.1) is 11.3 Å². The lowest BCUT2D eigenvalue weighted by molar-refractivity contribution is -0.134. The number of hydrogen-bond donors (Lipinski definition) is 0. The molecule has 0 aromatic heterocycles. The Morgan fingerprint density at radius 2 is 2.33 bits per heavy atom. The minimum absolute atomic E-state index is 0.349. The third-order valence-corrected chi connectivity index (χ3v) is 0.712. The lowest BCUT2D eigenvalue weighted by atomic mass is 10.3. The van der Waals surface area contributed by atoms with Gasteiger partial charge >= 0.3 is 5.97 Å². The zero-order valence-electron chi connectivity index (χ0n) is 5.34. The number of rotatable bonds is 1. The first-order valence-electron chi connectivity index (χ1n) is 2.37. The van der Waals surface area contributed by atoms with Crippen molar-refractivity contribution in [1.29, 1.82) is 5.26 Å². The number of esters is 1. The van der Waals surface area contributed by atoms with Crippen molar-refractivity contribution in [3.05, 3.63) is 11.6 Å². The number of methoxy groups -OCH3 is 1. The van der Waals surface area contributed by atoms with E-state index in [0.29, 0.717) is 5.57 Å².